The molecule has 0 aliphatic rings. The lowest BCUT2D eigenvalue weighted by Crippen LogP contribution is -2.37. The minimum Gasteiger partial charge on any atom is -0.481 e. The zero-order chi connectivity index (χ0) is 16.0. The van der Waals surface area contributed by atoms with Gasteiger partial charge in [0.05, 0.1) is 5.41 Å². The Morgan fingerprint density at radius 3 is 2.18 bits per heavy atom. The molecule has 0 aliphatic heterocycles. The third-order valence-corrected chi connectivity index (χ3v) is 4.17. The van der Waals surface area contributed by atoms with Gasteiger partial charge in [-0.15, -0.1) is 12.3 Å². The molecule has 0 spiro atoms. The summed E-state index contributed by atoms with van der Waals surface area (Å²) in [6.07, 6.45) is 6.92. The highest BCUT2D eigenvalue weighted by Gasteiger charge is 2.38. The van der Waals surface area contributed by atoms with Gasteiger partial charge in [0.2, 0.25) is 0 Å². The van der Waals surface area contributed by atoms with Gasteiger partial charge >= 0.3 is 5.97 Å². The van der Waals surface area contributed by atoms with Crippen LogP contribution in [-0.4, -0.2) is 11.1 Å². The summed E-state index contributed by atoms with van der Waals surface area (Å²) in [4.78, 5) is 12.0. The van der Waals surface area contributed by atoms with Crippen LogP contribution in [0, 0.1) is 12.3 Å². The molecule has 1 unspecified atom stereocenters. The van der Waals surface area contributed by atoms with Crippen LogP contribution in [0.2, 0.25) is 0 Å². The maximum atomic E-state index is 12.0. The molecular weight excluding hydrogens is 272 g/mol. The number of benzene rings is 2. The molecule has 0 aliphatic carbocycles. The average molecular weight is 292 g/mol. The molecule has 0 saturated carbocycles. The Bertz CT molecular complexity index is 665. The molecule has 2 heteroatoms. The van der Waals surface area contributed by atoms with E-state index in [-0.39, 0.29) is 0 Å². The number of hydrogen-bond acceptors (Lipinski definition) is 1. The van der Waals surface area contributed by atoms with Gasteiger partial charge in [0, 0.05) is 6.42 Å². The number of carboxylic acid groups (broad SMARTS) is 1. The van der Waals surface area contributed by atoms with Crippen molar-refractivity contribution >= 4 is 5.97 Å². The minimum atomic E-state index is -0.894. The second-order valence-corrected chi connectivity index (χ2v) is 5.48. The zero-order valence-electron chi connectivity index (χ0n) is 12.8. The van der Waals surface area contributed by atoms with Gasteiger partial charge in [-0.05, 0) is 29.5 Å². The second kappa shape index (κ2) is 6.95. The summed E-state index contributed by atoms with van der Waals surface area (Å²) in [7, 11) is 0. The molecule has 2 aromatic carbocycles. The van der Waals surface area contributed by atoms with Crippen LogP contribution < -0.4 is 0 Å². The summed E-state index contributed by atoms with van der Waals surface area (Å²) in [5, 5.41) is 9.85. The number of carboxylic acids is 1. The summed E-state index contributed by atoms with van der Waals surface area (Å²) in [5.74, 6) is 1.83. The van der Waals surface area contributed by atoms with Crippen molar-refractivity contribution in [1.29, 1.82) is 0 Å². The lowest BCUT2D eigenvalue weighted by Gasteiger charge is -2.29. The maximum absolute atomic E-state index is 12.0. The predicted octanol–water partition coefficient (Wildman–Crippen LogP) is 3.84. The predicted molar refractivity (Wildman–Crippen MR) is 88.7 cm³/mol. The van der Waals surface area contributed by atoms with Gasteiger partial charge in [0.15, 0.2) is 0 Å². The highest BCUT2D eigenvalue weighted by Crippen LogP contribution is 2.32. The van der Waals surface area contributed by atoms with Crippen molar-refractivity contribution in [3.63, 3.8) is 0 Å². The molecule has 0 radical (unpaired) electrons. The van der Waals surface area contributed by atoms with Gasteiger partial charge < -0.3 is 5.11 Å². The van der Waals surface area contributed by atoms with E-state index < -0.39 is 11.4 Å². The van der Waals surface area contributed by atoms with Gasteiger partial charge in [0.25, 0.3) is 0 Å². The molecule has 2 rings (SSSR count). The lowest BCUT2D eigenvalue weighted by molar-refractivity contribution is -0.144. The van der Waals surface area contributed by atoms with Gasteiger partial charge in [-0.2, -0.15) is 0 Å². The van der Waals surface area contributed by atoms with Gasteiger partial charge in [0.1, 0.15) is 0 Å². The fourth-order valence-electron chi connectivity index (χ4n) is 2.78. The molecule has 2 aromatic rings. The molecule has 0 bridgehead atoms. The van der Waals surface area contributed by atoms with Crippen LogP contribution in [0.5, 0.6) is 0 Å². The summed E-state index contributed by atoms with van der Waals surface area (Å²) in [6, 6.07) is 17.4. The van der Waals surface area contributed by atoms with Crippen LogP contribution >= 0.6 is 0 Å². The van der Waals surface area contributed by atoms with Gasteiger partial charge in [-0.1, -0.05) is 61.5 Å². The molecule has 1 atom stereocenters. The van der Waals surface area contributed by atoms with Crippen LogP contribution in [-0.2, 0) is 23.1 Å². The molecule has 0 fully saturated rings. The van der Waals surface area contributed by atoms with Gasteiger partial charge in [-0.25, -0.2) is 0 Å². The number of carbonyl (C=O) groups is 1. The number of aliphatic carboxylic acids is 1. The zero-order valence-corrected chi connectivity index (χ0v) is 12.8. The number of rotatable bonds is 6. The SMILES string of the molecule is C#CCc1ccc(CC(CC)(C(=O)O)c2ccccc2)cc1. The Hall–Kier alpha value is -2.53. The van der Waals surface area contributed by atoms with Crippen molar-refractivity contribution in [3.05, 3.63) is 71.3 Å². The topological polar surface area (TPSA) is 37.3 Å². The molecule has 2 nitrogen and oxygen atoms in total. The fourth-order valence-corrected chi connectivity index (χ4v) is 2.78. The fraction of sp³-hybridized carbons (Fsp3) is 0.250. The quantitative estimate of drug-likeness (QED) is 0.821. The molecule has 0 aromatic heterocycles. The monoisotopic (exact) mass is 292 g/mol. The molecular formula is C20H20O2. The molecule has 0 heterocycles. The van der Waals surface area contributed by atoms with E-state index in [9.17, 15) is 9.90 Å². The first-order valence-corrected chi connectivity index (χ1v) is 7.42. The van der Waals surface area contributed by atoms with Crippen molar-refractivity contribution in [1.82, 2.24) is 0 Å². The molecule has 1 N–H and O–H groups in total. The van der Waals surface area contributed by atoms with E-state index in [1.54, 1.807) is 0 Å². The van der Waals surface area contributed by atoms with Crippen molar-refractivity contribution in [2.75, 3.05) is 0 Å². The van der Waals surface area contributed by atoms with E-state index in [4.69, 9.17) is 6.42 Å². The third-order valence-electron chi connectivity index (χ3n) is 4.17. The van der Waals surface area contributed by atoms with E-state index in [0.29, 0.717) is 19.3 Å². The Morgan fingerprint density at radius 1 is 1.09 bits per heavy atom. The average Bonchev–Trinajstić information content (AvgIpc) is 2.55. The molecule has 112 valence electrons. The second-order valence-electron chi connectivity index (χ2n) is 5.48. The van der Waals surface area contributed by atoms with Crippen LogP contribution in [0.4, 0.5) is 0 Å². The normalized spacial score (nSPS) is 13.1. The van der Waals surface area contributed by atoms with Crippen LogP contribution in [0.25, 0.3) is 0 Å². The summed E-state index contributed by atoms with van der Waals surface area (Å²) < 4.78 is 0. The Balaban J connectivity index is 2.35. The van der Waals surface area contributed by atoms with Crippen LogP contribution in [0.1, 0.15) is 30.0 Å². The Kier molecular flexibility index (Phi) is 5.01. The van der Waals surface area contributed by atoms with Crippen molar-refractivity contribution in [2.45, 2.75) is 31.6 Å². The van der Waals surface area contributed by atoms with E-state index in [1.807, 2.05) is 61.5 Å². The van der Waals surface area contributed by atoms with Crippen molar-refractivity contribution in [3.8, 4) is 12.3 Å². The lowest BCUT2D eigenvalue weighted by atomic mass is 9.73. The first-order valence-electron chi connectivity index (χ1n) is 7.42. The minimum absolute atomic E-state index is 0.471. The van der Waals surface area contributed by atoms with E-state index in [1.165, 1.54) is 0 Å². The first-order chi connectivity index (χ1) is 10.6. The molecule has 0 amide bonds. The highest BCUT2D eigenvalue weighted by atomic mass is 16.4. The van der Waals surface area contributed by atoms with E-state index >= 15 is 0 Å². The number of hydrogen-bond donors (Lipinski definition) is 1. The molecule has 22 heavy (non-hydrogen) atoms. The van der Waals surface area contributed by atoms with Crippen LogP contribution in [0.15, 0.2) is 54.6 Å². The maximum Gasteiger partial charge on any atom is 0.314 e. The smallest absolute Gasteiger partial charge is 0.314 e. The van der Waals surface area contributed by atoms with Crippen LogP contribution in [0.3, 0.4) is 0 Å². The van der Waals surface area contributed by atoms with Gasteiger partial charge in [-0.3, -0.25) is 4.79 Å². The number of terminal acetylenes is 1. The molecule has 0 saturated heterocycles. The summed E-state index contributed by atoms with van der Waals surface area (Å²) in [6.45, 7) is 1.92. The summed E-state index contributed by atoms with van der Waals surface area (Å²) in [5.41, 5.74) is 2.03. The van der Waals surface area contributed by atoms with Crippen molar-refractivity contribution in [2.24, 2.45) is 0 Å². The van der Waals surface area contributed by atoms with E-state index in [0.717, 1.165) is 16.7 Å². The third kappa shape index (κ3) is 3.20. The highest BCUT2D eigenvalue weighted by molar-refractivity contribution is 5.81. The Labute approximate surface area is 131 Å². The largest absolute Gasteiger partial charge is 0.481 e. The Morgan fingerprint density at radius 2 is 1.68 bits per heavy atom. The van der Waals surface area contributed by atoms with Crippen molar-refractivity contribution < 1.29 is 9.90 Å². The van der Waals surface area contributed by atoms with E-state index in [2.05, 4.69) is 5.92 Å². The standard InChI is InChI=1S/C20H20O2/c1-3-8-16-11-13-17(14-12-16)15-20(4-2,19(21)22)18-9-6-5-7-10-18/h1,5-7,9-14H,4,8,15H2,2H3,(H,21,22). The summed E-state index contributed by atoms with van der Waals surface area (Å²) >= 11 is 0. The first kappa shape index (κ1) is 15.9.